The maximum absolute atomic E-state index is 12.3. The summed E-state index contributed by atoms with van der Waals surface area (Å²) in [4.78, 5) is 15.0. The van der Waals surface area contributed by atoms with Crippen LogP contribution in [0.3, 0.4) is 0 Å². The van der Waals surface area contributed by atoms with Crippen LogP contribution < -0.4 is 10.0 Å². The third-order valence-electron chi connectivity index (χ3n) is 3.76. The molecule has 1 heterocycles. The van der Waals surface area contributed by atoms with Crippen LogP contribution in [-0.2, 0) is 21.2 Å². The van der Waals surface area contributed by atoms with Gasteiger partial charge in [0, 0.05) is 18.8 Å². The van der Waals surface area contributed by atoms with Crippen molar-refractivity contribution in [2.45, 2.75) is 23.9 Å². The number of rotatable bonds is 5. The van der Waals surface area contributed by atoms with Gasteiger partial charge in [0.25, 0.3) is 0 Å². The summed E-state index contributed by atoms with van der Waals surface area (Å²) < 4.78 is 59.3. The highest BCUT2D eigenvalue weighted by Gasteiger charge is 2.29. The van der Waals surface area contributed by atoms with Crippen molar-refractivity contribution >= 4 is 21.6 Å². The van der Waals surface area contributed by atoms with Crippen molar-refractivity contribution in [1.29, 1.82) is 0 Å². The molecule has 1 aliphatic heterocycles. The molecule has 0 saturated carbocycles. The van der Waals surface area contributed by atoms with Crippen LogP contribution in [0.2, 0.25) is 0 Å². The van der Waals surface area contributed by atoms with E-state index < -0.39 is 22.6 Å². The molecule has 1 amide bonds. The second-order valence-electron chi connectivity index (χ2n) is 5.73. The van der Waals surface area contributed by atoms with E-state index in [1.807, 2.05) is 0 Å². The molecule has 0 aromatic heterocycles. The van der Waals surface area contributed by atoms with E-state index in [1.54, 1.807) is 0 Å². The zero-order valence-corrected chi connectivity index (χ0v) is 13.8. The van der Waals surface area contributed by atoms with Crippen molar-refractivity contribution in [3.05, 3.63) is 23.8 Å². The summed E-state index contributed by atoms with van der Waals surface area (Å²) >= 11 is 0. The predicted molar refractivity (Wildman–Crippen MR) is 82.0 cm³/mol. The Morgan fingerprint density at radius 2 is 2.04 bits per heavy atom. The molecule has 0 saturated heterocycles. The minimum absolute atomic E-state index is 0.0298. The van der Waals surface area contributed by atoms with Crippen LogP contribution >= 0.6 is 0 Å². The van der Waals surface area contributed by atoms with E-state index >= 15 is 0 Å². The van der Waals surface area contributed by atoms with Crippen LogP contribution in [0, 0.1) is 0 Å². The van der Waals surface area contributed by atoms with E-state index in [4.69, 9.17) is 5.14 Å². The summed E-state index contributed by atoms with van der Waals surface area (Å²) in [5.74, 6) is -0.332. The van der Waals surface area contributed by atoms with Crippen LogP contribution in [0.5, 0.6) is 0 Å². The predicted octanol–water partition coefficient (Wildman–Crippen LogP) is 1.11. The van der Waals surface area contributed by atoms with Gasteiger partial charge in [-0.15, -0.1) is 0 Å². The number of benzene rings is 1. The topological polar surface area (TPSA) is 83.7 Å². The maximum atomic E-state index is 12.3. The first-order valence-corrected chi connectivity index (χ1v) is 8.73. The number of sulfonamides is 1. The fourth-order valence-electron chi connectivity index (χ4n) is 2.53. The molecule has 0 radical (unpaired) electrons. The highest BCUT2D eigenvalue weighted by atomic mass is 32.2. The van der Waals surface area contributed by atoms with E-state index in [0.717, 1.165) is 0 Å². The average Bonchev–Trinajstić information content (AvgIpc) is 2.86. The number of likely N-dealkylation sites (N-methyl/N-ethyl adjacent to an activating group) is 1. The molecule has 24 heavy (non-hydrogen) atoms. The first kappa shape index (κ1) is 18.7. The average molecular weight is 365 g/mol. The van der Waals surface area contributed by atoms with Gasteiger partial charge >= 0.3 is 6.18 Å². The maximum Gasteiger partial charge on any atom is 0.390 e. The fourth-order valence-corrected chi connectivity index (χ4v) is 3.09. The summed E-state index contributed by atoms with van der Waals surface area (Å²) in [5, 5.41) is 5.07. The molecule has 1 aromatic rings. The zero-order chi connectivity index (χ0) is 18.1. The molecule has 0 fully saturated rings. The number of amides is 1. The van der Waals surface area contributed by atoms with Crippen LogP contribution in [0.25, 0.3) is 0 Å². The standard InChI is InChI=1S/C14H18F3N3O3S/c1-19(7-5-14(15,16)17)9-13(21)20-6-4-10-8-11(24(18,22)23)2-3-12(10)20/h2-3,8H,4-7,9H2,1H3,(H2,18,22,23). The highest BCUT2D eigenvalue weighted by molar-refractivity contribution is 7.89. The molecular formula is C14H18F3N3O3S. The number of primary sulfonamides is 1. The van der Waals surface area contributed by atoms with Crippen LogP contribution in [0.4, 0.5) is 18.9 Å². The second kappa shape index (κ2) is 6.69. The first-order valence-electron chi connectivity index (χ1n) is 7.19. The number of hydrogen-bond acceptors (Lipinski definition) is 4. The van der Waals surface area contributed by atoms with Crippen molar-refractivity contribution in [3.63, 3.8) is 0 Å². The van der Waals surface area contributed by atoms with Crippen LogP contribution in [0.15, 0.2) is 23.1 Å². The largest absolute Gasteiger partial charge is 0.390 e. The third-order valence-corrected chi connectivity index (χ3v) is 4.67. The van der Waals surface area contributed by atoms with Gasteiger partial charge in [0.2, 0.25) is 15.9 Å². The minimum atomic E-state index is -4.26. The van der Waals surface area contributed by atoms with Crippen molar-refractivity contribution < 1.29 is 26.4 Å². The number of nitrogens with two attached hydrogens (primary N) is 1. The number of carbonyl (C=O) groups excluding carboxylic acids is 1. The van der Waals surface area contributed by atoms with Crippen LogP contribution in [0.1, 0.15) is 12.0 Å². The van der Waals surface area contributed by atoms with Gasteiger partial charge < -0.3 is 4.90 Å². The lowest BCUT2D eigenvalue weighted by Gasteiger charge is -2.22. The molecule has 1 aliphatic rings. The Morgan fingerprint density at radius 1 is 1.38 bits per heavy atom. The molecule has 0 spiro atoms. The molecule has 10 heteroatoms. The number of fused-ring (bicyclic) bond motifs is 1. The molecule has 1 aromatic carbocycles. The van der Waals surface area contributed by atoms with E-state index in [0.29, 0.717) is 24.2 Å². The summed E-state index contributed by atoms with van der Waals surface area (Å²) in [5.41, 5.74) is 1.24. The Hall–Kier alpha value is -1.65. The van der Waals surface area contributed by atoms with Gasteiger partial charge in [-0.2, -0.15) is 13.2 Å². The molecule has 0 unspecified atom stereocenters. The Morgan fingerprint density at radius 3 is 2.62 bits per heavy atom. The van der Waals surface area contributed by atoms with Crippen LogP contribution in [-0.4, -0.2) is 52.1 Å². The number of alkyl halides is 3. The van der Waals surface area contributed by atoms with Crippen molar-refractivity contribution in [2.75, 3.05) is 31.6 Å². The van der Waals surface area contributed by atoms with Gasteiger partial charge in [0.05, 0.1) is 17.9 Å². The molecule has 0 atom stereocenters. The van der Waals surface area contributed by atoms with Crippen molar-refractivity contribution in [2.24, 2.45) is 5.14 Å². The first-order chi connectivity index (χ1) is 11.0. The number of nitrogens with zero attached hydrogens (tertiary/aromatic N) is 2. The fraction of sp³-hybridized carbons (Fsp3) is 0.500. The lowest BCUT2D eigenvalue weighted by Crippen LogP contribution is -2.39. The molecule has 0 aliphatic carbocycles. The number of carbonyl (C=O) groups is 1. The smallest absolute Gasteiger partial charge is 0.311 e. The van der Waals surface area contributed by atoms with Gasteiger partial charge in [-0.25, -0.2) is 13.6 Å². The minimum Gasteiger partial charge on any atom is -0.311 e. The normalized spacial score (nSPS) is 15.0. The van der Waals surface area contributed by atoms with E-state index in [2.05, 4.69) is 0 Å². The van der Waals surface area contributed by atoms with E-state index in [-0.39, 0.29) is 23.9 Å². The third kappa shape index (κ3) is 4.68. The molecule has 2 rings (SSSR count). The Bertz CT molecular complexity index is 735. The van der Waals surface area contributed by atoms with Gasteiger partial charge in [-0.3, -0.25) is 9.69 Å². The lowest BCUT2D eigenvalue weighted by atomic mass is 10.2. The van der Waals surface area contributed by atoms with E-state index in [1.165, 1.54) is 35.0 Å². The van der Waals surface area contributed by atoms with Crippen molar-refractivity contribution in [3.8, 4) is 0 Å². The SMILES string of the molecule is CN(CCC(F)(F)F)CC(=O)N1CCc2cc(S(N)(=O)=O)ccc21. The quantitative estimate of drug-likeness (QED) is 0.847. The molecule has 2 N–H and O–H groups in total. The molecule has 134 valence electrons. The van der Waals surface area contributed by atoms with Gasteiger partial charge in [-0.05, 0) is 37.2 Å². The molecule has 0 bridgehead atoms. The monoisotopic (exact) mass is 365 g/mol. The summed E-state index contributed by atoms with van der Waals surface area (Å²) in [6.07, 6.45) is -4.77. The van der Waals surface area contributed by atoms with Gasteiger partial charge in [0.1, 0.15) is 0 Å². The molecule has 6 nitrogen and oxygen atoms in total. The lowest BCUT2D eigenvalue weighted by molar-refractivity contribution is -0.138. The van der Waals surface area contributed by atoms with Gasteiger partial charge in [0.15, 0.2) is 0 Å². The summed E-state index contributed by atoms with van der Waals surface area (Å²) in [7, 11) is -2.37. The highest BCUT2D eigenvalue weighted by Crippen LogP contribution is 2.30. The number of anilines is 1. The second-order valence-corrected chi connectivity index (χ2v) is 7.30. The zero-order valence-electron chi connectivity index (χ0n) is 13.0. The van der Waals surface area contributed by atoms with E-state index in [9.17, 15) is 26.4 Å². The number of hydrogen-bond donors (Lipinski definition) is 1. The van der Waals surface area contributed by atoms with Gasteiger partial charge in [-0.1, -0.05) is 0 Å². The van der Waals surface area contributed by atoms with Crippen molar-refractivity contribution in [1.82, 2.24) is 4.90 Å². The Balaban J connectivity index is 2.04. The number of halogens is 3. The summed E-state index contributed by atoms with van der Waals surface area (Å²) in [6.45, 7) is -0.0535. The molecular weight excluding hydrogens is 347 g/mol. The Kier molecular flexibility index (Phi) is 5.21. The summed E-state index contributed by atoms with van der Waals surface area (Å²) in [6, 6.07) is 4.23. The Labute approximate surface area is 138 Å².